The van der Waals surface area contributed by atoms with Gasteiger partial charge in [-0.3, -0.25) is 9.69 Å². The van der Waals surface area contributed by atoms with Crippen molar-refractivity contribution in [1.29, 1.82) is 0 Å². The van der Waals surface area contributed by atoms with Gasteiger partial charge in [0.2, 0.25) is 5.95 Å². The number of rotatable bonds is 6. The Kier molecular flexibility index (Phi) is 7.27. The number of benzene rings is 2. The quantitative estimate of drug-likeness (QED) is 0.290. The van der Waals surface area contributed by atoms with Crippen molar-refractivity contribution in [3.63, 3.8) is 0 Å². The van der Waals surface area contributed by atoms with E-state index in [1.165, 1.54) is 31.3 Å². The van der Waals surface area contributed by atoms with E-state index in [1.54, 1.807) is 18.2 Å². The van der Waals surface area contributed by atoms with Crippen LogP contribution < -0.4 is 21.3 Å². The highest BCUT2D eigenvalue weighted by molar-refractivity contribution is 6.04. The Labute approximate surface area is 240 Å². The first-order chi connectivity index (χ1) is 20.2. The summed E-state index contributed by atoms with van der Waals surface area (Å²) in [6.07, 6.45) is 0.363. The molecule has 0 atom stereocenters. The summed E-state index contributed by atoms with van der Waals surface area (Å²) in [5, 5.41) is 5.95. The number of fused-ring (bicyclic) bond motifs is 1. The van der Waals surface area contributed by atoms with Gasteiger partial charge in [0.15, 0.2) is 11.6 Å². The van der Waals surface area contributed by atoms with Crippen LogP contribution in [0.3, 0.4) is 0 Å². The van der Waals surface area contributed by atoms with E-state index < -0.39 is 17.6 Å². The first-order valence-corrected chi connectivity index (χ1v) is 13.8. The lowest BCUT2D eigenvalue weighted by Crippen LogP contribution is -2.33. The lowest BCUT2D eigenvalue weighted by molar-refractivity contribution is -0.137. The van der Waals surface area contributed by atoms with E-state index in [0.717, 1.165) is 50.3 Å². The average Bonchev–Trinajstić information content (AvgIpc) is 3.82. The zero-order chi connectivity index (χ0) is 29.4. The van der Waals surface area contributed by atoms with E-state index in [9.17, 15) is 18.0 Å². The van der Waals surface area contributed by atoms with Gasteiger partial charge in [0.25, 0.3) is 5.91 Å². The Morgan fingerprint density at radius 2 is 1.83 bits per heavy atom. The third-order valence-electron chi connectivity index (χ3n) is 7.57. The second-order valence-electron chi connectivity index (χ2n) is 10.6. The van der Waals surface area contributed by atoms with Crippen LogP contribution >= 0.6 is 0 Å². The number of carbonyl (C=O) groups excluding carboxylic acids is 1. The molecule has 1 saturated carbocycles. The molecule has 10 nitrogen and oxygen atoms in total. The highest BCUT2D eigenvalue weighted by Crippen LogP contribution is 2.32. The van der Waals surface area contributed by atoms with E-state index in [-0.39, 0.29) is 11.4 Å². The molecule has 42 heavy (non-hydrogen) atoms. The highest BCUT2D eigenvalue weighted by Gasteiger charge is 2.32. The molecule has 2 aromatic carbocycles. The average molecular weight is 578 g/mol. The fourth-order valence-corrected chi connectivity index (χ4v) is 5.13. The smallest absolute Gasteiger partial charge is 0.382 e. The molecule has 1 aliphatic heterocycles. The Morgan fingerprint density at radius 3 is 2.62 bits per heavy atom. The van der Waals surface area contributed by atoms with Crippen molar-refractivity contribution >= 4 is 45.9 Å². The number of aryl methyl sites for hydroxylation is 1. The van der Waals surface area contributed by atoms with E-state index in [0.29, 0.717) is 40.2 Å². The molecule has 4 aromatic rings. The molecule has 0 radical (unpaired) electrons. The monoisotopic (exact) mass is 577 g/mol. The summed E-state index contributed by atoms with van der Waals surface area (Å²) < 4.78 is 39.4. The SMILES string of the molecule is Cc1ccc(NC(=O)c2cccc(C(F)(F)F)c2)cc1Nc1ncnc2c(N)nc(N3CCCN(C4CC4)CC3)nc12. The fourth-order valence-electron chi connectivity index (χ4n) is 5.13. The Balaban J connectivity index is 1.25. The summed E-state index contributed by atoms with van der Waals surface area (Å²) in [5.41, 5.74) is 8.06. The molecule has 218 valence electrons. The van der Waals surface area contributed by atoms with Crippen LogP contribution in [0.15, 0.2) is 48.8 Å². The summed E-state index contributed by atoms with van der Waals surface area (Å²) in [7, 11) is 0. The second-order valence-corrected chi connectivity index (χ2v) is 10.6. The van der Waals surface area contributed by atoms with Gasteiger partial charge < -0.3 is 21.3 Å². The number of aromatic nitrogens is 4. The number of alkyl halides is 3. The van der Waals surface area contributed by atoms with Gasteiger partial charge in [0.05, 0.1) is 5.56 Å². The van der Waals surface area contributed by atoms with E-state index in [4.69, 9.17) is 10.7 Å². The van der Waals surface area contributed by atoms with Crippen LogP contribution in [-0.2, 0) is 6.18 Å². The van der Waals surface area contributed by atoms with Crippen molar-refractivity contribution in [2.75, 3.05) is 47.4 Å². The number of nitrogens with zero attached hydrogens (tertiary/aromatic N) is 6. The minimum atomic E-state index is -4.55. The Bertz CT molecular complexity index is 1640. The Morgan fingerprint density at radius 1 is 1.00 bits per heavy atom. The van der Waals surface area contributed by atoms with Crippen LogP contribution in [0.25, 0.3) is 11.0 Å². The molecule has 2 fully saturated rings. The fraction of sp³-hybridized carbons (Fsp3) is 0.345. The van der Waals surface area contributed by atoms with Crippen molar-refractivity contribution in [2.45, 2.75) is 38.4 Å². The van der Waals surface area contributed by atoms with Crippen molar-refractivity contribution in [3.8, 4) is 0 Å². The van der Waals surface area contributed by atoms with E-state index >= 15 is 0 Å². The van der Waals surface area contributed by atoms with Crippen molar-refractivity contribution in [2.24, 2.45) is 0 Å². The molecule has 1 aliphatic carbocycles. The number of nitrogens with two attached hydrogens (primary N) is 1. The predicted molar refractivity (Wildman–Crippen MR) is 155 cm³/mol. The predicted octanol–water partition coefficient (Wildman–Crippen LogP) is 5.00. The zero-order valence-corrected chi connectivity index (χ0v) is 22.9. The number of amides is 1. The van der Waals surface area contributed by atoms with E-state index in [2.05, 4.69) is 35.4 Å². The molecule has 0 unspecified atom stereocenters. The Hall–Kier alpha value is -4.52. The van der Waals surface area contributed by atoms with Gasteiger partial charge in [-0.15, -0.1) is 0 Å². The molecule has 1 saturated heterocycles. The summed E-state index contributed by atoms with van der Waals surface area (Å²) in [6.45, 7) is 5.49. The lowest BCUT2D eigenvalue weighted by atomic mass is 10.1. The minimum absolute atomic E-state index is 0.102. The molecule has 6 rings (SSSR count). The maximum Gasteiger partial charge on any atom is 0.416 e. The van der Waals surface area contributed by atoms with Crippen LogP contribution in [0.2, 0.25) is 0 Å². The number of hydrogen-bond donors (Lipinski definition) is 3. The largest absolute Gasteiger partial charge is 0.416 e. The third kappa shape index (κ3) is 5.91. The molecular formula is C29H30F3N9O. The third-order valence-corrected chi connectivity index (χ3v) is 7.57. The van der Waals surface area contributed by atoms with Crippen molar-refractivity contribution in [1.82, 2.24) is 24.8 Å². The van der Waals surface area contributed by atoms with Crippen LogP contribution in [0.1, 0.15) is 40.7 Å². The van der Waals surface area contributed by atoms with Gasteiger partial charge in [-0.2, -0.15) is 18.2 Å². The first kappa shape index (κ1) is 27.6. The molecule has 1 amide bonds. The number of carbonyl (C=O) groups is 1. The zero-order valence-electron chi connectivity index (χ0n) is 22.9. The molecule has 2 aromatic heterocycles. The second kappa shape index (κ2) is 11.0. The summed E-state index contributed by atoms with van der Waals surface area (Å²) in [5.74, 6) is 0.525. The van der Waals surface area contributed by atoms with Gasteiger partial charge in [-0.25, -0.2) is 15.0 Å². The van der Waals surface area contributed by atoms with Crippen molar-refractivity contribution < 1.29 is 18.0 Å². The lowest BCUT2D eigenvalue weighted by Gasteiger charge is -2.22. The molecular weight excluding hydrogens is 547 g/mol. The molecule has 4 N–H and O–H groups in total. The van der Waals surface area contributed by atoms with Crippen LogP contribution in [0.5, 0.6) is 0 Å². The van der Waals surface area contributed by atoms with Gasteiger partial charge in [0.1, 0.15) is 17.4 Å². The van der Waals surface area contributed by atoms with Crippen LogP contribution in [0.4, 0.5) is 42.1 Å². The topological polar surface area (TPSA) is 125 Å². The van der Waals surface area contributed by atoms with E-state index in [1.807, 2.05) is 6.92 Å². The number of hydrogen-bond acceptors (Lipinski definition) is 9. The molecule has 13 heteroatoms. The molecule has 2 aliphatic rings. The number of nitrogen functional groups attached to an aromatic ring is 1. The summed E-state index contributed by atoms with van der Waals surface area (Å²) in [6, 6.07) is 10.1. The number of anilines is 5. The van der Waals surface area contributed by atoms with Crippen LogP contribution in [0, 0.1) is 6.92 Å². The number of halogens is 3. The highest BCUT2D eigenvalue weighted by atomic mass is 19.4. The van der Waals surface area contributed by atoms with Gasteiger partial charge in [-0.05, 0) is 62.1 Å². The normalized spacial score (nSPS) is 16.3. The number of nitrogens with one attached hydrogen (secondary N) is 2. The maximum absolute atomic E-state index is 13.1. The van der Waals surface area contributed by atoms with Crippen LogP contribution in [-0.4, -0.2) is 63.0 Å². The molecule has 0 bridgehead atoms. The maximum atomic E-state index is 13.1. The molecule has 3 heterocycles. The van der Waals surface area contributed by atoms with Gasteiger partial charge in [0, 0.05) is 49.2 Å². The van der Waals surface area contributed by atoms with Gasteiger partial charge in [-0.1, -0.05) is 12.1 Å². The first-order valence-electron chi connectivity index (χ1n) is 13.8. The minimum Gasteiger partial charge on any atom is -0.382 e. The summed E-state index contributed by atoms with van der Waals surface area (Å²) in [4.78, 5) is 35.5. The standard InChI is InChI=1S/C29H30F3N9O/c1-17-6-7-20(36-27(42)18-4-2-5-19(14-18)29(30,31)32)15-22(17)37-26-24-23(34-16-35-26)25(33)39-28(38-24)41-11-3-10-40(12-13-41)21-8-9-21/h2,4-7,14-16,21H,3,8-13H2,1H3,(H,36,42)(H2,33,38,39)(H,34,35,37). The summed E-state index contributed by atoms with van der Waals surface area (Å²) >= 11 is 0. The van der Waals surface area contributed by atoms with Gasteiger partial charge >= 0.3 is 6.18 Å². The van der Waals surface area contributed by atoms with Crippen molar-refractivity contribution in [3.05, 3.63) is 65.5 Å². The molecule has 0 spiro atoms.